The number of aryl methyl sites for hydroxylation is 2. The summed E-state index contributed by atoms with van der Waals surface area (Å²) in [6, 6.07) is 15.7. The second-order valence-corrected chi connectivity index (χ2v) is 9.44. The molecular weight excluding hydrogens is 432 g/mol. The predicted molar refractivity (Wildman–Crippen MR) is 142 cm³/mol. The Bertz CT molecular complexity index is 1250. The number of nitrogens with zero attached hydrogens (tertiary/aromatic N) is 2. The molecule has 0 saturated heterocycles. The van der Waals surface area contributed by atoms with E-state index in [0.29, 0.717) is 0 Å². The summed E-state index contributed by atoms with van der Waals surface area (Å²) in [5.74, 6) is 2.04. The summed E-state index contributed by atoms with van der Waals surface area (Å²) in [4.78, 5) is 16.4. The highest BCUT2D eigenvalue weighted by Crippen LogP contribution is 2.29. The van der Waals surface area contributed by atoms with E-state index < -0.39 is 0 Å². The van der Waals surface area contributed by atoms with Crippen molar-refractivity contribution in [3.05, 3.63) is 82.8 Å². The first-order chi connectivity index (χ1) is 17.2. The Hall–Kier alpha value is -3.22. The Balaban J connectivity index is 1.27. The van der Waals surface area contributed by atoms with Crippen molar-refractivity contribution in [3.8, 4) is 22.4 Å². The molecule has 1 aliphatic rings. The lowest BCUT2D eigenvalue weighted by Crippen LogP contribution is -2.14. The molecule has 6 nitrogen and oxygen atoms in total. The van der Waals surface area contributed by atoms with Crippen LogP contribution < -0.4 is 10.6 Å². The molecule has 6 heteroatoms. The average Bonchev–Trinajstić information content (AvgIpc) is 3.47. The topological polar surface area (TPSA) is 81.4 Å². The molecule has 4 aromatic rings. The molecule has 0 unspecified atom stereocenters. The van der Waals surface area contributed by atoms with Gasteiger partial charge in [0.05, 0.1) is 30.7 Å². The summed E-state index contributed by atoms with van der Waals surface area (Å²) < 4.78 is 0. The van der Waals surface area contributed by atoms with Crippen LogP contribution in [0, 0.1) is 0 Å². The standard InChI is InChI=1S/C29H36N6/c1-3-13-30-18-28-32-17-27(35-28)21-7-5-20(6-8-21)22-9-10-24-16-26-25(12-11-23(24)15-22)33-29(34-26)19-31-14-4-2/h5-10,15,17,30-31H,3-4,11-14,16,18-19H2,1-2H3,(H,32,35)(H,33,34). The first-order valence-corrected chi connectivity index (χ1v) is 13.0. The van der Waals surface area contributed by atoms with Crippen molar-refractivity contribution >= 4 is 0 Å². The van der Waals surface area contributed by atoms with Crippen LogP contribution in [0.15, 0.2) is 48.7 Å². The van der Waals surface area contributed by atoms with Crippen molar-refractivity contribution in [3.63, 3.8) is 0 Å². The van der Waals surface area contributed by atoms with Crippen LogP contribution in [0.2, 0.25) is 0 Å². The maximum Gasteiger partial charge on any atom is 0.120 e. The van der Waals surface area contributed by atoms with Gasteiger partial charge in [-0.1, -0.05) is 56.3 Å². The minimum absolute atomic E-state index is 0.775. The quantitative estimate of drug-likeness (QED) is 0.243. The number of hydrogen-bond donors (Lipinski definition) is 4. The summed E-state index contributed by atoms with van der Waals surface area (Å²) in [5.41, 5.74) is 10.1. The van der Waals surface area contributed by atoms with Gasteiger partial charge >= 0.3 is 0 Å². The SMILES string of the molecule is CCCNCc1ncc(-c2ccc(-c3ccc4c(c3)CCc3nc(CNCCC)[nH]c3C4)cc2)[nH]1. The molecule has 0 spiro atoms. The normalized spacial score (nSPS) is 12.9. The van der Waals surface area contributed by atoms with E-state index in [1.165, 1.54) is 33.6 Å². The summed E-state index contributed by atoms with van der Waals surface area (Å²) in [6.45, 7) is 7.98. The van der Waals surface area contributed by atoms with Gasteiger partial charge in [0.25, 0.3) is 0 Å². The second-order valence-electron chi connectivity index (χ2n) is 9.44. The van der Waals surface area contributed by atoms with Crippen LogP contribution in [0.3, 0.4) is 0 Å². The molecule has 2 aromatic carbocycles. The van der Waals surface area contributed by atoms with E-state index in [-0.39, 0.29) is 0 Å². The van der Waals surface area contributed by atoms with Crippen molar-refractivity contribution in [2.75, 3.05) is 13.1 Å². The fraction of sp³-hybridized carbons (Fsp3) is 0.379. The minimum Gasteiger partial charge on any atom is -0.344 e. The molecule has 0 radical (unpaired) electrons. The predicted octanol–water partition coefficient (Wildman–Crippen LogP) is 5.16. The maximum absolute atomic E-state index is 4.88. The molecule has 0 atom stereocenters. The Morgan fingerprint density at radius 1 is 0.771 bits per heavy atom. The molecule has 5 rings (SSSR count). The number of rotatable bonds is 10. The van der Waals surface area contributed by atoms with Crippen LogP contribution in [0.1, 0.15) is 60.9 Å². The number of aromatic nitrogens is 4. The molecular formula is C29H36N6. The average molecular weight is 469 g/mol. The van der Waals surface area contributed by atoms with Gasteiger partial charge in [-0.25, -0.2) is 9.97 Å². The number of nitrogens with one attached hydrogen (secondary N) is 4. The highest BCUT2D eigenvalue weighted by Gasteiger charge is 2.18. The monoisotopic (exact) mass is 468 g/mol. The highest BCUT2D eigenvalue weighted by molar-refractivity contribution is 5.69. The van der Waals surface area contributed by atoms with Gasteiger partial charge in [0.1, 0.15) is 11.6 Å². The van der Waals surface area contributed by atoms with Gasteiger partial charge in [-0.3, -0.25) is 0 Å². The van der Waals surface area contributed by atoms with Crippen LogP contribution in [0.5, 0.6) is 0 Å². The van der Waals surface area contributed by atoms with Crippen molar-refractivity contribution < 1.29 is 0 Å². The van der Waals surface area contributed by atoms with Gasteiger partial charge in [0.2, 0.25) is 0 Å². The third kappa shape index (κ3) is 5.55. The van der Waals surface area contributed by atoms with Gasteiger partial charge < -0.3 is 20.6 Å². The summed E-state index contributed by atoms with van der Waals surface area (Å²) in [7, 11) is 0. The maximum atomic E-state index is 4.88. The van der Waals surface area contributed by atoms with Crippen molar-refractivity contribution in [2.24, 2.45) is 0 Å². The number of imidazole rings is 2. The molecule has 1 aliphatic carbocycles. The first-order valence-electron chi connectivity index (χ1n) is 13.0. The fourth-order valence-corrected chi connectivity index (χ4v) is 4.80. The third-order valence-electron chi connectivity index (χ3n) is 6.71. The Morgan fingerprint density at radius 3 is 2.26 bits per heavy atom. The molecule has 35 heavy (non-hydrogen) atoms. The molecule has 0 fully saturated rings. The van der Waals surface area contributed by atoms with Crippen LogP contribution >= 0.6 is 0 Å². The van der Waals surface area contributed by atoms with Gasteiger partial charge in [0, 0.05) is 12.1 Å². The van der Waals surface area contributed by atoms with Crippen molar-refractivity contribution in [1.29, 1.82) is 0 Å². The molecule has 2 heterocycles. The number of fused-ring (bicyclic) bond motifs is 2. The highest BCUT2D eigenvalue weighted by atomic mass is 15.0. The Labute approximate surface area is 208 Å². The lowest BCUT2D eigenvalue weighted by Gasteiger charge is -2.10. The zero-order chi connectivity index (χ0) is 24.0. The van der Waals surface area contributed by atoms with E-state index in [1.54, 1.807) is 0 Å². The largest absolute Gasteiger partial charge is 0.344 e. The fourth-order valence-electron chi connectivity index (χ4n) is 4.80. The lowest BCUT2D eigenvalue weighted by atomic mass is 9.95. The smallest absolute Gasteiger partial charge is 0.120 e. The Morgan fingerprint density at radius 2 is 1.49 bits per heavy atom. The van der Waals surface area contributed by atoms with E-state index in [1.807, 2.05) is 6.20 Å². The molecule has 0 bridgehead atoms. The molecule has 4 N–H and O–H groups in total. The molecule has 0 saturated carbocycles. The van der Waals surface area contributed by atoms with Gasteiger partial charge in [-0.2, -0.15) is 0 Å². The van der Waals surface area contributed by atoms with Crippen LogP contribution in [0.4, 0.5) is 0 Å². The zero-order valence-electron chi connectivity index (χ0n) is 20.9. The van der Waals surface area contributed by atoms with E-state index in [2.05, 4.69) is 81.9 Å². The van der Waals surface area contributed by atoms with E-state index in [0.717, 1.165) is 81.2 Å². The van der Waals surface area contributed by atoms with Crippen LogP contribution in [-0.4, -0.2) is 33.0 Å². The van der Waals surface area contributed by atoms with Crippen molar-refractivity contribution in [1.82, 2.24) is 30.6 Å². The first kappa shape index (κ1) is 23.5. The zero-order valence-corrected chi connectivity index (χ0v) is 20.9. The molecule has 0 aliphatic heterocycles. The second kappa shape index (κ2) is 11.0. The number of hydrogen-bond acceptors (Lipinski definition) is 4. The Kier molecular flexibility index (Phi) is 7.40. The summed E-state index contributed by atoms with van der Waals surface area (Å²) in [6.07, 6.45) is 7.14. The van der Waals surface area contributed by atoms with E-state index in [9.17, 15) is 0 Å². The summed E-state index contributed by atoms with van der Waals surface area (Å²) >= 11 is 0. The lowest BCUT2D eigenvalue weighted by molar-refractivity contribution is 0.653. The molecule has 182 valence electrons. The number of aromatic amines is 2. The molecule has 0 amide bonds. The number of H-pyrrole nitrogens is 2. The van der Waals surface area contributed by atoms with Gasteiger partial charge in [-0.15, -0.1) is 0 Å². The molecule has 2 aromatic heterocycles. The van der Waals surface area contributed by atoms with Crippen LogP contribution in [-0.2, 0) is 32.4 Å². The van der Waals surface area contributed by atoms with Crippen molar-refractivity contribution in [2.45, 2.75) is 59.0 Å². The minimum atomic E-state index is 0.775. The van der Waals surface area contributed by atoms with E-state index >= 15 is 0 Å². The van der Waals surface area contributed by atoms with E-state index in [4.69, 9.17) is 4.98 Å². The van der Waals surface area contributed by atoms with Crippen LogP contribution in [0.25, 0.3) is 22.4 Å². The summed E-state index contributed by atoms with van der Waals surface area (Å²) in [5, 5.41) is 6.84. The third-order valence-corrected chi connectivity index (χ3v) is 6.71. The number of benzene rings is 2. The van der Waals surface area contributed by atoms with Gasteiger partial charge in [-0.05, 0) is 66.6 Å². The van der Waals surface area contributed by atoms with Gasteiger partial charge in [0.15, 0.2) is 0 Å².